The molecule has 3 aromatic rings. The third-order valence-corrected chi connectivity index (χ3v) is 5.56. The fraction of sp³-hybridized carbons (Fsp3) is 0.185. The summed E-state index contributed by atoms with van der Waals surface area (Å²) in [7, 11) is 0. The van der Waals surface area contributed by atoms with Gasteiger partial charge in [-0.3, -0.25) is 4.79 Å². The molecule has 1 N–H and O–H groups in total. The molecular formula is C27H25BrN2O2. The topological polar surface area (TPSA) is 62.1 Å². The van der Waals surface area contributed by atoms with Crippen molar-refractivity contribution in [1.29, 1.82) is 5.26 Å². The SMILES string of the molecule is Cc1cc(C)cc(COc2ccc(/C=C(\C#N)C(=O)Nc3ccc(C)cc3C)cc2Br)c1. The van der Waals surface area contributed by atoms with E-state index in [2.05, 4.69) is 53.3 Å². The largest absolute Gasteiger partial charge is 0.488 e. The van der Waals surface area contributed by atoms with Crippen molar-refractivity contribution in [3.8, 4) is 11.8 Å². The van der Waals surface area contributed by atoms with Crippen LogP contribution in [0.15, 0.2) is 64.6 Å². The quantitative estimate of drug-likeness (QED) is 0.306. The molecule has 0 aliphatic heterocycles. The van der Waals surface area contributed by atoms with Crippen LogP contribution in [-0.2, 0) is 11.4 Å². The number of benzene rings is 3. The molecule has 3 rings (SSSR count). The Bertz CT molecular complexity index is 1220. The predicted octanol–water partition coefficient (Wildman–Crippen LogP) is 6.81. The maximum atomic E-state index is 12.6. The molecule has 4 nitrogen and oxygen atoms in total. The standard InChI is InChI=1S/C27H25BrN2O2/c1-17-5-7-25(20(4)10-17)30-27(31)23(15-29)13-21-6-8-26(24(28)14-21)32-16-22-11-18(2)9-19(3)12-22/h5-14H,16H2,1-4H3,(H,30,31)/b23-13+. The molecule has 162 valence electrons. The molecule has 0 aromatic heterocycles. The van der Waals surface area contributed by atoms with Gasteiger partial charge in [-0.15, -0.1) is 0 Å². The molecule has 3 aromatic carbocycles. The lowest BCUT2D eigenvalue weighted by Crippen LogP contribution is -2.14. The van der Waals surface area contributed by atoms with E-state index in [0.717, 1.165) is 26.7 Å². The van der Waals surface area contributed by atoms with E-state index in [9.17, 15) is 10.1 Å². The minimum absolute atomic E-state index is 0.0285. The Morgan fingerprint density at radius 3 is 2.34 bits per heavy atom. The molecule has 0 spiro atoms. The van der Waals surface area contributed by atoms with Crippen LogP contribution in [0.25, 0.3) is 6.08 Å². The van der Waals surface area contributed by atoms with Crippen LogP contribution in [0.4, 0.5) is 5.69 Å². The van der Waals surface area contributed by atoms with E-state index in [1.165, 1.54) is 11.1 Å². The molecule has 1 amide bonds. The summed E-state index contributed by atoms with van der Waals surface area (Å²) < 4.78 is 6.71. The molecule has 0 fully saturated rings. The minimum Gasteiger partial charge on any atom is -0.488 e. The summed E-state index contributed by atoms with van der Waals surface area (Å²) in [6, 6.07) is 19.6. The summed E-state index contributed by atoms with van der Waals surface area (Å²) in [5.41, 5.74) is 7.01. The minimum atomic E-state index is -0.439. The van der Waals surface area contributed by atoms with Gasteiger partial charge in [-0.2, -0.15) is 5.26 Å². The van der Waals surface area contributed by atoms with Gasteiger partial charge in [-0.25, -0.2) is 0 Å². The number of carbonyl (C=O) groups excluding carboxylic acids is 1. The normalized spacial score (nSPS) is 11.1. The average molecular weight is 489 g/mol. The lowest BCUT2D eigenvalue weighted by molar-refractivity contribution is -0.112. The number of rotatable bonds is 6. The van der Waals surface area contributed by atoms with Crippen LogP contribution in [0, 0.1) is 39.0 Å². The first kappa shape index (κ1) is 23.3. The molecule has 5 heteroatoms. The molecular weight excluding hydrogens is 464 g/mol. The molecule has 0 atom stereocenters. The van der Waals surface area contributed by atoms with E-state index in [-0.39, 0.29) is 5.57 Å². The van der Waals surface area contributed by atoms with E-state index in [4.69, 9.17) is 4.74 Å². The van der Waals surface area contributed by atoms with Gasteiger partial charge < -0.3 is 10.1 Å². The van der Waals surface area contributed by atoms with Crippen molar-refractivity contribution in [3.63, 3.8) is 0 Å². The van der Waals surface area contributed by atoms with Crippen molar-refractivity contribution in [2.24, 2.45) is 0 Å². The van der Waals surface area contributed by atoms with Gasteiger partial charge in [0.2, 0.25) is 0 Å². The zero-order valence-electron chi connectivity index (χ0n) is 18.6. The number of nitrogens with zero attached hydrogens (tertiary/aromatic N) is 1. The Balaban J connectivity index is 1.73. The number of hydrogen-bond donors (Lipinski definition) is 1. The van der Waals surface area contributed by atoms with Crippen molar-refractivity contribution in [1.82, 2.24) is 0 Å². The van der Waals surface area contributed by atoms with Crippen molar-refractivity contribution < 1.29 is 9.53 Å². The third-order valence-electron chi connectivity index (χ3n) is 4.94. The van der Waals surface area contributed by atoms with Crippen molar-refractivity contribution >= 4 is 33.6 Å². The lowest BCUT2D eigenvalue weighted by atomic mass is 10.1. The number of ether oxygens (including phenoxy) is 1. The van der Waals surface area contributed by atoms with Gasteiger partial charge in [0.1, 0.15) is 24.0 Å². The second-order valence-corrected chi connectivity index (χ2v) is 8.77. The van der Waals surface area contributed by atoms with Crippen LogP contribution in [-0.4, -0.2) is 5.91 Å². The fourth-order valence-corrected chi connectivity index (χ4v) is 4.01. The summed E-state index contributed by atoms with van der Waals surface area (Å²) >= 11 is 3.53. The van der Waals surface area contributed by atoms with Gasteiger partial charge in [-0.1, -0.05) is 53.1 Å². The molecule has 0 aliphatic rings. The van der Waals surface area contributed by atoms with Crippen LogP contribution >= 0.6 is 15.9 Å². The predicted molar refractivity (Wildman–Crippen MR) is 133 cm³/mol. The van der Waals surface area contributed by atoms with Crippen LogP contribution in [0.3, 0.4) is 0 Å². The molecule has 0 bridgehead atoms. The number of aryl methyl sites for hydroxylation is 4. The summed E-state index contributed by atoms with van der Waals surface area (Å²) in [5.74, 6) is 0.255. The molecule has 0 saturated carbocycles. The summed E-state index contributed by atoms with van der Waals surface area (Å²) in [5, 5.41) is 12.3. The summed E-state index contributed by atoms with van der Waals surface area (Å²) in [6.45, 7) is 8.50. The maximum absolute atomic E-state index is 12.6. The third kappa shape index (κ3) is 6.09. The number of halogens is 1. The zero-order chi connectivity index (χ0) is 23.3. The molecule has 0 radical (unpaired) electrons. The fourth-order valence-electron chi connectivity index (χ4n) is 3.50. The summed E-state index contributed by atoms with van der Waals surface area (Å²) in [6.07, 6.45) is 1.57. The zero-order valence-corrected chi connectivity index (χ0v) is 20.2. The first-order valence-corrected chi connectivity index (χ1v) is 11.0. The van der Waals surface area contributed by atoms with E-state index >= 15 is 0 Å². The van der Waals surface area contributed by atoms with Crippen molar-refractivity contribution in [3.05, 3.63) is 98.0 Å². The Morgan fingerprint density at radius 1 is 1.00 bits per heavy atom. The lowest BCUT2D eigenvalue weighted by Gasteiger charge is -2.11. The van der Waals surface area contributed by atoms with Crippen molar-refractivity contribution in [2.75, 3.05) is 5.32 Å². The number of nitriles is 1. The van der Waals surface area contributed by atoms with E-state index in [1.54, 1.807) is 6.08 Å². The summed E-state index contributed by atoms with van der Waals surface area (Å²) in [4.78, 5) is 12.6. The van der Waals surface area contributed by atoms with E-state index in [1.807, 2.05) is 56.3 Å². The molecule has 0 saturated heterocycles. The number of hydrogen-bond acceptors (Lipinski definition) is 3. The second-order valence-electron chi connectivity index (χ2n) is 7.92. The second kappa shape index (κ2) is 10.3. The van der Waals surface area contributed by atoms with Gasteiger partial charge in [0.15, 0.2) is 0 Å². The monoisotopic (exact) mass is 488 g/mol. The molecule has 32 heavy (non-hydrogen) atoms. The Hall–Kier alpha value is -3.36. The highest BCUT2D eigenvalue weighted by atomic mass is 79.9. The average Bonchev–Trinajstić information content (AvgIpc) is 2.72. The van der Waals surface area contributed by atoms with E-state index < -0.39 is 5.91 Å². The highest BCUT2D eigenvalue weighted by Crippen LogP contribution is 2.28. The number of carbonyl (C=O) groups is 1. The maximum Gasteiger partial charge on any atom is 0.266 e. The van der Waals surface area contributed by atoms with Crippen molar-refractivity contribution in [2.45, 2.75) is 34.3 Å². The van der Waals surface area contributed by atoms with Crippen LogP contribution in [0.5, 0.6) is 5.75 Å². The van der Waals surface area contributed by atoms with Gasteiger partial charge >= 0.3 is 0 Å². The Kier molecular flexibility index (Phi) is 7.50. The molecule has 0 unspecified atom stereocenters. The van der Waals surface area contributed by atoms with Gasteiger partial charge in [0.05, 0.1) is 4.47 Å². The first-order chi connectivity index (χ1) is 15.2. The smallest absolute Gasteiger partial charge is 0.266 e. The van der Waals surface area contributed by atoms with Gasteiger partial charge in [-0.05, 0) is 84.6 Å². The van der Waals surface area contributed by atoms with Crippen LogP contribution in [0.2, 0.25) is 0 Å². The van der Waals surface area contributed by atoms with E-state index in [0.29, 0.717) is 18.0 Å². The first-order valence-electron chi connectivity index (χ1n) is 10.2. The number of amides is 1. The Labute approximate surface area is 197 Å². The van der Waals surface area contributed by atoms with Gasteiger partial charge in [0.25, 0.3) is 5.91 Å². The highest BCUT2D eigenvalue weighted by Gasteiger charge is 2.12. The highest BCUT2D eigenvalue weighted by molar-refractivity contribution is 9.10. The number of anilines is 1. The van der Waals surface area contributed by atoms with Crippen LogP contribution in [0.1, 0.15) is 33.4 Å². The molecule has 0 heterocycles. The Morgan fingerprint density at radius 2 is 1.72 bits per heavy atom. The number of nitrogens with one attached hydrogen (secondary N) is 1. The van der Waals surface area contributed by atoms with Crippen LogP contribution < -0.4 is 10.1 Å². The van der Waals surface area contributed by atoms with Gasteiger partial charge in [0, 0.05) is 5.69 Å². The molecule has 0 aliphatic carbocycles.